The van der Waals surface area contributed by atoms with Gasteiger partial charge in [0.05, 0.1) is 7.11 Å². The van der Waals surface area contributed by atoms with Crippen molar-refractivity contribution in [1.29, 1.82) is 0 Å². The first-order valence-corrected chi connectivity index (χ1v) is 8.70. The first-order valence-electron chi connectivity index (χ1n) is 7.72. The smallest absolute Gasteiger partial charge is 0.213 e. The van der Waals surface area contributed by atoms with Gasteiger partial charge in [-0.1, -0.05) is 12.1 Å². The number of ether oxygens (including phenoxy) is 2. The third kappa shape index (κ3) is 4.17. The van der Waals surface area contributed by atoms with E-state index in [1.54, 1.807) is 18.9 Å². The molecular weight excluding hydrogens is 294 g/mol. The molecule has 1 aromatic heterocycles. The Hall–Kier alpha value is -1.68. The maximum absolute atomic E-state index is 5.88. The van der Waals surface area contributed by atoms with Gasteiger partial charge >= 0.3 is 0 Å². The maximum atomic E-state index is 5.88. The van der Waals surface area contributed by atoms with Gasteiger partial charge in [-0.05, 0) is 49.4 Å². The highest BCUT2D eigenvalue weighted by atomic mass is 32.2. The molecule has 0 bridgehead atoms. The number of rotatable bonds is 6. The zero-order valence-electron chi connectivity index (χ0n) is 12.8. The van der Waals surface area contributed by atoms with E-state index in [1.165, 1.54) is 18.4 Å². The molecule has 0 saturated heterocycles. The summed E-state index contributed by atoms with van der Waals surface area (Å²) in [4.78, 5) is 5.58. The van der Waals surface area contributed by atoms with E-state index in [0.717, 1.165) is 35.1 Å². The molecule has 0 amide bonds. The minimum atomic E-state index is 0.366. The molecule has 3 rings (SSSR count). The highest BCUT2D eigenvalue weighted by Gasteiger charge is 2.16. The van der Waals surface area contributed by atoms with Crippen molar-refractivity contribution in [2.45, 2.75) is 42.4 Å². The monoisotopic (exact) mass is 315 g/mol. The molecule has 0 unspecified atom stereocenters. The molecule has 0 N–H and O–H groups in total. The van der Waals surface area contributed by atoms with Gasteiger partial charge in [-0.15, -0.1) is 11.8 Å². The summed E-state index contributed by atoms with van der Waals surface area (Å²) < 4.78 is 11.1. The van der Waals surface area contributed by atoms with Crippen LogP contribution in [0.1, 0.15) is 31.2 Å². The van der Waals surface area contributed by atoms with E-state index in [0.29, 0.717) is 6.10 Å². The van der Waals surface area contributed by atoms with Gasteiger partial charge in [0.1, 0.15) is 11.9 Å². The maximum Gasteiger partial charge on any atom is 0.213 e. The van der Waals surface area contributed by atoms with Gasteiger partial charge in [0.15, 0.2) is 0 Å². The first kappa shape index (κ1) is 15.2. The van der Waals surface area contributed by atoms with E-state index < -0.39 is 0 Å². The molecule has 1 aliphatic rings. The van der Waals surface area contributed by atoms with E-state index in [9.17, 15) is 0 Å². The van der Waals surface area contributed by atoms with Crippen LogP contribution in [0.2, 0.25) is 0 Å². The lowest BCUT2D eigenvalue weighted by Gasteiger charge is -2.12. The lowest BCUT2D eigenvalue weighted by Crippen LogP contribution is -2.11. The van der Waals surface area contributed by atoms with Crippen LogP contribution in [0.5, 0.6) is 11.6 Å². The summed E-state index contributed by atoms with van der Waals surface area (Å²) >= 11 is 1.78. The van der Waals surface area contributed by atoms with E-state index in [1.807, 2.05) is 24.4 Å². The average molecular weight is 315 g/mol. The summed E-state index contributed by atoms with van der Waals surface area (Å²) in [5.74, 6) is 2.57. The highest BCUT2D eigenvalue weighted by molar-refractivity contribution is 7.98. The van der Waals surface area contributed by atoms with Gasteiger partial charge in [0.25, 0.3) is 0 Å². The Balaban J connectivity index is 1.51. The molecule has 4 heteroatoms. The molecule has 116 valence electrons. The molecule has 1 aromatic carbocycles. The number of hydrogen-bond donors (Lipinski definition) is 0. The summed E-state index contributed by atoms with van der Waals surface area (Å²) in [6, 6.07) is 12.2. The molecule has 1 saturated carbocycles. The molecule has 22 heavy (non-hydrogen) atoms. The summed E-state index contributed by atoms with van der Waals surface area (Å²) in [6.45, 7) is 0. The van der Waals surface area contributed by atoms with Crippen LogP contribution in [0, 0.1) is 0 Å². The van der Waals surface area contributed by atoms with Crippen LogP contribution >= 0.6 is 11.8 Å². The van der Waals surface area contributed by atoms with E-state index in [4.69, 9.17) is 9.47 Å². The topological polar surface area (TPSA) is 31.4 Å². The van der Waals surface area contributed by atoms with Crippen LogP contribution in [-0.4, -0.2) is 18.2 Å². The van der Waals surface area contributed by atoms with Crippen molar-refractivity contribution < 1.29 is 9.47 Å². The Kier molecular flexibility index (Phi) is 5.22. The van der Waals surface area contributed by atoms with E-state index in [2.05, 4.69) is 23.2 Å². The molecule has 2 aromatic rings. The summed E-state index contributed by atoms with van der Waals surface area (Å²) in [5, 5.41) is 0. The minimum absolute atomic E-state index is 0.366. The van der Waals surface area contributed by atoms with Crippen LogP contribution in [0.3, 0.4) is 0 Å². The van der Waals surface area contributed by atoms with Crippen molar-refractivity contribution in [3.63, 3.8) is 0 Å². The number of aromatic nitrogens is 1. The Morgan fingerprint density at radius 2 is 1.86 bits per heavy atom. The molecule has 0 spiro atoms. The fraction of sp³-hybridized carbons (Fsp3) is 0.389. The zero-order valence-corrected chi connectivity index (χ0v) is 13.6. The Morgan fingerprint density at radius 3 is 2.50 bits per heavy atom. The SMILES string of the molecule is COc1ccc(CSc2ccc(OC3CCCC3)nc2)cc1. The van der Waals surface area contributed by atoms with Gasteiger partial charge in [-0.2, -0.15) is 0 Å². The predicted molar refractivity (Wildman–Crippen MR) is 89.7 cm³/mol. The summed E-state index contributed by atoms with van der Waals surface area (Å²) in [6.07, 6.45) is 7.15. The second-order valence-electron chi connectivity index (χ2n) is 5.49. The predicted octanol–water partition coefficient (Wildman–Crippen LogP) is 4.70. The van der Waals surface area contributed by atoms with Gasteiger partial charge in [0.2, 0.25) is 5.88 Å². The fourth-order valence-electron chi connectivity index (χ4n) is 2.59. The fourth-order valence-corrected chi connectivity index (χ4v) is 3.40. The minimum Gasteiger partial charge on any atom is -0.497 e. The Morgan fingerprint density at radius 1 is 1.09 bits per heavy atom. The number of benzene rings is 1. The molecule has 1 heterocycles. The number of pyridine rings is 1. The van der Waals surface area contributed by atoms with Crippen molar-refractivity contribution in [2.75, 3.05) is 7.11 Å². The second-order valence-corrected chi connectivity index (χ2v) is 6.54. The zero-order chi connectivity index (χ0) is 15.2. The van der Waals surface area contributed by atoms with Crippen LogP contribution in [0.4, 0.5) is 0 Å². The number of hydrogen-bond acceptors (Lipinski definition) is 4. The van der Waals surface area contributed by atoms with Crippen LogP contribution in [0.15, 0.2) is 47.5 Å². The summed E-state index contributed by atoms with van der Waals surface area (Å²) in [7, 11) is 1.69. The molecule has 0 aliphatic heterocycles. The Bertz CT molecular complexity index is 577. The lowest BCUT2D eigenvalue weighted by atomic mass is 10.2. The largest absolute Gasteiger partial charge is 0.497 e. The van der Waals surface area contributed by atoms with Gasteiger partial charge in [0, 0.05) is 22.9 Å². The van der Waals surface area contributed by atoms with Crippen LogP contribution in [-0.2, 0) is 5.75 Å². The van der Waals surface area contributed by atoms with Crippen LogP contribution < -0.4 is 9.47 Å². The average Bonchev–Trinajstić information content (AvgIpc) is 3.08. The normalized spacial score (nSPS) is 15.0. The first-order chi connectivity index (χ1) is 10.8. The van der Waals surface area contributed by atoms with Crippen LogP contribution in [0.25, 0.3) is 0 Å². The van der Waals surface area contributed by atoms with Gasteiger partial charge in [-0.25, -0.2) is 4.98 Å². The van der Waals surface area contributed by atoms with Crippen molar-refractivity contribution >= 4 is 11.8 Å². The molecular formula is C18H21NO2S. The summed E-state index contributed by atoms with van der Waals surface area (Å²) in [5.41, 5.74) is 1.28. The quantitative estimate of drug-likeness (QED) is 0.723. The molecule has 3 nitrogen and oxygen atoms in total. The highest BCUT2D eigenvalue weighted by Crippen LogP contribution is 2.26. The standard InChI is InChI=1S/C18H21NO2S/c1-20-15-8-6-14(7-9-15)13-22-17-10-11-18(19-12-17)21-16-4-2-3-5-16/h6-12,16H,2-5,13H2,1H3. The number of thioether (sulfide) groups is 1. The van der Waals surface area contributed by atoms with Crippen molar-refractivity contribution in [3.8, 4) is 11.6 Å². The molecule has 1 aliphatic carbocycles. The van der Waals surface area contributed by atoms with Gasteiger partial charge in [-0.3, -0.25) is 0 Å². The Labute approximate surface area is 136 Å². The third-order valence-electron chi connectivity index (χ3n) is 3.86. The number of methoxy groups -OCH3 is 1. The molecule has 0 atom stereocenters. The van der Waals surface area contributed by atoms with E-state index in [-0.39, 0.29) is 0 Å². The number of nitrogens with zero attached hydrogens (tertiary/aromatic N) is 1. The second kappa shape index (κ2) is 7.54. The van der Waals surface area contributed by atoms with Crippen molar-refractivity contribution in [1.82, 2.24) is 4.98 Å². The van der Waals surface area contributed by atoms with Gasteiger partial charge < -0.3 is 9.47 Å². The third-order valence-corrected chi connectivity index (χ3v) is 4.92. The van der Waals surface area contributed by atoms with Crippen molar-refractivity contribution in [2.24, 2.45) is 0 Å². The molecule has 1 fully saturated rings. The molecule has 0 radical (unpaired) electrons. The lowest BCUT2D eigenvalue weighted by molar-refractivity contribution is 0.201. The van der Waals surface area contributed by atoms with Crippen molar-refractivity contribution in [3.05, 3.63) is 48.2 Å². The van der Waals surface area contributed by atoms with E-state index >= 15 is 0 Å².